The van der Waals surface area contributed by atoms with Crippen LogP contribution in [0.1, 0.15) is 37.5 Å². The first kappa shape index (κ1) is 41.0. The molecule has 0 bridgehead atoms. The minimum Gasteiger partial charge on any atom is -0.485 e. The Morgan fingerprint density at radius 3 is 1.75 bits per heavy atom. The summed E-state index contributed by atoms with van der Waals surface area (Å²) in [7, 11) is -7.43. The molecule has 1 saturated heterocycles. The molecule has 1 heterocycles. The van der Waals surface area contributed by atoms with Crippen LogP contribution < -0.4 is 19.5 Å². The molecule has 0 aliphatic carbocycles. The first-order valence-corrected chi connectivity index (χ1v) is 20.8. The van der Waals surface area contributed by atoms with Gasteiger partial charge in [0.25, 0.3) is 20.2 Å². The average Bonchev–Trinajstić information content (AvgIpc) is 3.56. The largest absolute Gasteiger partial charge is 0.485 e. The van der Waals surface area contributed by atoms with Crippen molar-refractivity contribution in [2.75, 3.05) is 37.4 Å². The quantitative estimate of drug-likeness (QED) is 0.0991. The molecular formula is C40H44N2O11S2. The van der Waals surface area contributed by atoms with E-state index in [2.05, 4.69) is 12.2 Å². The van der Waals surface area contributed by atoms with Gasteiger partial charge in [0.15, 0.2) is 12.2 Å². The standard InChI is InChI=1S/C40H44N2O11S2/c1-4-29-7-15-33(16-8-29)51-34-21-13-32(14-22-34)41-39(43)40(44)42-27-37(52-35-17-9-30(10-18-35)23-25-54(45,46)49-5-2)38(28-42)53-36-19-11-31(12-20-36)24-26-55(47,48)50-6-3/h7-23,25,37-38H,4-6,24,26-28H2,1-3H3,(H,41,43)/b25-23+/t37-,38-/m1/s1. The number of anilines is 1. The minimum atomic E-state index is -3.80. The lowest BCUT2D eigenvalue weighted by Crippen LogP contribution is -2.39. The van der Waals surface area contributed by atoms with Crippen LogP contribution >= 0.6 is 0 Å². The molecule has 4 aromatic carbocycles. The number of aryl methyl sites for hydroxylation is 2. The molecular weight excluding hydrogens is 749 g/mol. The zero-order valence-corrected chi connectivity index (χ0v) is 32.4. The Labute approximate surface area is 322 Å². The second-order valence-electron chi connectivity index (χ2n) is 12.4. The van der Waals surface area contributed by atoms with Gasteiger partial charge in [-0.25, -0.2) is 0 Å². The number of carbonyl (C=O) groups excluding carboxylic acids is 2. The van der Waals surface area contributed by atoms with Gasteiger partial charge < -0.3 is 24.4 Å². The highest BCUT2D eigenvalue weighted by Crippen LogP contribution is 2.26. The summed E-state index contributed by atoms with van der Waals surface area (Å²) in [6.45, 7) is 5.42. The van der Waals surface area contributed by atoms with E-state index in [-0.39, 0.29) is 38.5 Å². The Morgan fingerprint density at radius 1 is 0.691 bits per heavy atom. The monoisotopic (exact) mass is 792 g/mol. The summed E-state index contributed by atoms with van der Waals surface area (Å²) in [6.07, 6.45) is 1.18. The molecule has 0 spiro atoms. The summed E-state index contributed by atoms with van der Waals surface area (Å²) in [5.41, 5.74) is 2.95. The molecule has 5 rings (SSSR count). The van der Waals surface area contributed by atoms with Crippen LogP contribution in [0.5, 0.6) is 23.0 Å². The fourth-order valence-corrected chi connectivity index (χ4v) is 7.28. The molecule has 292 valence electrons. The molecule has 1 aliphatic rings. The fraction of sp³-hybridized carbons (Fsp3) is 0.300. The van der Waals surface area contributed by atoms with E-state index in [1.807, 2.05) is 24.3 Å². The van der Waals surface area contributed by atoms with Gasteiger partial charge in [0.2, 0.25) is 0 Å². The van der Waals surface area contributed by atoms with Crippen LogP contribution in [0, 0.1) is 0 Å². The fourth-order valence-electron chi connectivity index (χ4n) is 5.59. The number of carbonyl (C=O) groups is 2. The average molecular weight is 793 g/mol. The van der Waals surface area contributed by atoms with Crippen molar-refractivity contribution in [2.24, 2.45) is 0 Å². The van der Waals surface area contributed by atoms with Gasteiger partial charge in [-0.3, -0.25) is 18.0 Å². The normalized spacial score (nSPS) is 15.9. The maximum absolute atomic E-state index is 13.4. The second-order valence-corrected chi connectivity index (χ2v) is 15.7. The third-order valence-electron chi connectivity index (χ3n) is 8.40. The van der Waals surface area contributed by atoms with Crippen molar-refractivity contribution in [3.63, 3.8) is 0 Å². The predicted molar refractivity (Wildman–Crippen MR) is 208 cm³/mol. The molecule has 0 aromatic heterocycles. The van der Waals surface area contributed by atoms with Crippen LogP contribution in [0.25, 0.3) is 6.08 Å². The minimum absolute atomic E-state index is 0.0196. The Bertz CT molecular complexity index is 2140. The maximum atomic E-state index is 13.4. The van der Waals surface area contributed by atoms with E-state index in [4.69, 9.17) is 22.6 Å². The zero-order chi connectivity index (χ0) is 39.4. The third kappa shape index (κ3) is 12.4. The third-order valence-corrected chi connectivity index (χ3v) is 10.7. The van der Waals surface area contributed by atoms with Crippen LogP contribution in [0.2, 0.25) is 0 Å². The molecule has 2 atom stereocenters. The van der Waals surface area contributed by atoms with E-state index in [0.29, 0.717) is 34.2 Å². The van der Waals surface area contributed by atoms with Crippen LogP contribution in [0.4, 0.5) is 5.69 Å². The number of nitrogens with zero attached hydrogens (tertiary/aromatic N) is 1. The lowest BCUT2D eigenvalue weighted by molar-refractivity contribution is -0.142. The molecule has 13 nitrogen and oxygen atoms in total. The van der Waals surface area contributed by atoms with Crippen LogP contribution in [0.3, 0.4) is 0 Å². The van der Waals surface area contributed by atoms with Gasteiger partial charge in [-0.15, -0.1) is 0 Å². The molecule has 55 heavy (non-hydrogen) atoms. The predicted octanol–water partition coefficient (Wildman–Crippen LogP) is 5.96. The van der Waals surface area contributed by atoms with E-state index < -0.39 is 44.3 Å². The maximum Gasteiger partial charge on any atom is 0.313 e. The highest BCUT2D eigenvalue weighted by atomic mass is 32.2. The summed E-state index contributed by atoms with van der Waals surface area (Å²) >= 11 is 0. The van der Waals surface area contributed by atoms with Crippen molar-refractivity contribution in [1.29, 1.82) is 0 Å². The topological polar surface area (TPSA) is 164 Å². The number of ether oxygens (including phenoxy) is 3. The lowest BCUT2D eigenvalue weighted by atomic mass is 10.1. The first-order valence-electron chi connectivity index (χ1n) is 17.8. The summed E-state index contributed by atoms with van der Waals surface area (Å²) in [5, 5.41) is 3.62. The van der Waals surface area contributed by atoms with E-state index >= 15 is 0 Å². The molecule has 0 radical (unpaired) electrons. The number of amides is 2. The van der Waals surface area contributed by atoms with Gasteiger partial charge in [0, 0.05) is 5.69 Å². The Hall–Kier alpha value is -5.22. The molecule has 1 N–H and O–H groups in total. The number of hydrogen-bond donors (Lipinski definition) is 1. The van der Waals surface area contributed by atoms with E-state index in [1.165, 1.54) is 16.5 Å². The van der Waals surface area contributed by atoms with Crippen molar-refractivity contribution in [3.05, 3.63) is 119 Å². The van der Waals surface area contributed by atoms with Gasteiger partial charge in [-0.2, -0.15) is 16.8 Å². The molecule has 0 saturated carbocycles. The molecule has 0 unspecified atom stereocenters. The van der Waals surface area contributed by atoms with Crippen molar-refractivity contribution in [3.8, 4) is 23.0 Å². The first-order chi connectivity index (χ1) is 26.3. The van der Waals surface area contributed by atoms with Crippen LogP contribution in [0.15, 0.2) is 102 Å². The van der Waals surface area contributed by atoms with Crippen molar-refractivity contribution >= 4 is 43.8 Å². The van der Waals surface area contributed by atoms with Gasteiger partial charge >= 0.3 is 11.8 Å². The number of rotatable bonds is 17. The Balaban J connectivity index is 1.25. The highest BCUT2D eigenvalue weighted by molar-refractivity contribution is 7.89. The molecule has 15 heteroatoms. The number of benzene rings is 4. The van der Waals surface area contributed by atoms with Gasteiger partial charge in [0.1, 0.15) is 23.0 Å². The molecule has 1 aliphatic heterocycles. The second kappa shape index (κ2) is 18.9. The van der Waals surface area contributed by atoms with E-state index in [0.717, 1.165) is 17.4 Å². The summed E-state index contributed by atoms with van der Waals surface area (Å²) in [4.78, 5) is 28.0. The van der Waals surface area contributed by atoms with Gasteiger partial charge in [-0.1, -0.05) is 43.3 Å². The van der Waals surface area contributed by atoms with Gasteiger partial charge in [0.05, 0.1) is 37.5 Å². The SMILES string of the molecule is CCOS(=O)(=O)/C=C/c1ccc(O[C@@H]2CN(C(=O)C(=O)Nc3ccc(Oc4ccc(CC)cc4)cc3)C[C@H]2Oc2ccc(CCS(=O)(=O)OCC)cc2)cc1. The van der Waals surface area contributed by atoms with Crippen molar-refractivity contribution < 1.29 is 49.0 Å². The summed E-state index contributed by atoms with van der Waals surface area (Å²) in [6, 6.07) is 27.9. The zero-order valence-electron chi connectivity index (χ0n) is 30.8. The highest BCUT2D eigenvalue weighted by Gasteiger charge is 2.40. The van der Waals surface area contributed by atoms with Gasteiger partial charge in [-0.05, 0) is 110 Å². The number of nitrogens with one attached hydrogen (secondary N) is 1. The van der Waals surface area contributed by atoms with Crippen LogP contribution in [-0.2, 0) is 51.0 Å². The molecule has 1 fully saturated rings. The van der Waals surface area contributed by atoms with Crippen molar-refractivity contribution in [2.45, 2.75) is 45.8 Å². The van der Waals surface area contributed by atoms with E-state index in [9.17, 15) is 26.4 Å². The lowest BCUT2D eigenvalue weighted by Gasteiger charge is -2.21. The Kier molecular flexibility index (Phi) is 14.1. The number of likely N-dealkylation sites (tertiary alicyclic amines) is 1. The number of hydrogen-bond acceptors (Lipinski definition) is 11. The van der Waals surface area contributed by atoms with Crippen molar-refractivity contribution in [1.82, 2.24) is 4.90 Å². The summed E-state index contributed by atoms with van der Waals surface area (Å²) in [5.74, 6) is 0.337. The van der Waals surface area contributed by atoms with Crippen LogP contribution in [-0.4, -0.2) is 77.8 Å². The molecule has 4 aromatic rings. The van der Waals surface area contributed by atoms with E-state index in [1.54, 1.807) is 86.6 Å². The molecule has 2 amide bonds. The summed E-state index contributed by atoms with van der Waals surface area (Å²) < 4.78 is 75.7. The smallest absolute Gasteiger partial charge is 0.313 e. The Morgan fingerprint density at radius 2 is 1.20 bits per heavy atom.